The van der Waals surface area contributed by atoms with Gasteiger partial charge >= 0.3 is 5.97 Å². The van der Waals surface area contributed by atoms with Crippen LogP contribution in [0.5, 0.6) is 0 Å². The molecular formula is C18H16ClNO4. The van der Waals surface area contributed by atoms with Gasteiger partial charge in [0.2, 0.25) is 0 Å². The lowest BCUT2D eigenvalue weighted by Crippen LogP contribution is -2.26. The van der Waals surface area contributed by atoms with Gasteiger partial charge in [-0.1, -0.05) is 23.7 Å². The molecule has 2 aromatic rings. The summed E-state index contributed by atoms with van der Waals surface area (Å²) in [7, 11) is 0. The van der Waals surface area contributed by atoms with Crippen LogP contribution in [0.25, 0.3) is 0 Å². The highest BCUT2D eigenvalue weighted by Crippen LogP contribution is 2.22. The van der Waals surface area contributed by atoms with Crippen molar-refractivity contribution in [3.63, 3.8) is 0 Å². The number of ketones is 1. The monoisotopic (exact) mass is 345 g/mol. The van der Waals surface area contributed by atoms with E-state index in [0.717, 1.165) is 5.56 Å². The standard InChI is InChI=1S/C18H16ClNO4/c1-10(11-5-7-12(19)8-6-11)24-18(23)14-9-13-15(20-17(14)22)3-2-4-16(13)21/h5-10H,2-4H2,1H3,(H,20,22). The van der Waals surface area contributed by atoms with E-state index >= 15 is 0 Å². The highest BCUT2D eigenvalue weighted by molar-refractivity contribution is 6.30. The highest BCUT2D eigenvalue weighted by Gasteiger charge is 2.23. The maximum absolute atomic E-state index is 12.3. The fourth-order valence-corrected chi connectivity index (χ4v) is 2.88. The minimum absolute atomic E-state index is 0.0627. The summed E-state index contributed by atoms with van der Waals surface area (Å²) >= 11 is 5.83. The van der Waals surface area contributed by atoms with E-state index in [0.29, 0.717) is 35.5 Å². The van der Waals surface area contributed by atoms with Crippen LogP contribution in [0.4, 0.5) is 0 Å². The van der Waals surface area contributed by atoms with Gasteiger partial charge in [0, 0.05) is 22.7 Å². The quantitative estimate of drug-likeness (QED) is 0.864. The van der Waals surface area contributed by atoms with Crippen molar-refractivity contribution >= 4 is 23.4 Å². The number of fused-ring (bicyclic) bond motifs is 1. The summed E-state index contributed by atoms with van der Waals surface area (Å²) in [6.07, 6.45) is 1.22. The van der Waals surface area contributed by atoms with Gasteiger partial charge in [-0.2, -0.15) is 0 Å². The summed E-state index contributed by atoms with van der Waals surface area (Å²) in [5.74, 6) is -0.813. The molecule has 0 aliphatic heterocycles. The second-order valence-electron chi connectivity index (χ2n) is 5.78. The summed E-state index contributed by atoms with van der Waals surface area (Å²) in [5, 5.41) is 0.585. The first kappa shape index (κ1) is 16.5. The zero-order valence-corrected chi connectivity index (χ0v) is 13.9. The summed E-state index contributed by atoms with van der Waals surface area (Å²) < 4.78 is 5.36. The number of hydrogen-bond acceptors (Lipinski definition) is 4. The lowest BCUT2D eigenvalue weighted by atomic mass is 9.94. The van der Waals surface area contributed by atoms with Crippen LogP contribution in [0.15, 0.2) is 35.1 Å². The van der Waals surface area contributed by atoms with Crippen molar-refractivity contribution in [3.8, 4) is 0 Å². The summed E-state index contributed by atoms with van der Waals surface area (Å²) in [4.78, 5) is 39.0. The van der Waals surface area contributed by atoms with Crippen molar-refractivity contribution in [2.75, 3.05) is 0 Å². The van der Waals surface area contributed by atoms with Crippen molar-refractivity contribution in [2.24, 2.45) is 0 Å². The number of esters is 1. The third-order valence-electron chi connectivity index (χ3n) is 4.10. The lowest BCUT2D eigenvalue weighted by Gasteiger charge is -2.16. The lowest BCUT2D eigenvalue weighted by molar-refractivity contribution is 0.0335. The number of aromatic nitrogens is 1. The molecule has 0 fully saturated rings. The van der Waals surface area contributed by atoms with Crippen molar-refractivity contribution in [3.05, 3.63) is 68.1 Å². The number of aryl methyl sites for hydroxylation is 1. The number of pyridine rings is 1. The minimum Gasteiger partial charge on any atom is -0.454 e. The number of Topliss-reactive ketones (excluding diaryl/α,β-unsaturated/α-hetero) is 1. The first-order chi connectivity index (χ1) is 11.5. The van der Waals surface area contributed by atoms with Crippen molar-refractivity contribution in [2.45, 2.75) is 32.3 Å². The molecule has 124 valence electrons. The Morgan fingerprint density at radius 1 is 1.21 bits per heavy atom. The molecule has 1 atom stereocenters. The van der Waals surface area contributed by atoms with Crippen LogP contribution < -0.4 is 5.56 Å². The molecular weight excluding hydrogens is 330 g/mol. The van der Waals surface area contributed by atoms with Crippen LogP contribution in [0.3, 0.4) is 0 Å². The first-order valence-electron chi connectivity index (χ1n) is 7.71. The van der Waals surface area contributed by atoms with Gasteiger partial charge in [-0.3, -0.25) is 9.59 Å². The Kier molecular flexibility index (Phi) is 4.53. The third kappa shape index (κ3) is 3.26. The van der Waals surface area contributed by atoms with Crippen LogP contribution in [0.1, 0.15) is 57.8 Å². The molecule has 0 bridgehead atoms. The van der Waals surface area contributed by atoms with Crippen LogP contribution in [-0.2, 0) is 11.2 Å². The van der Waals surface area contributed by atoms with Crippen LogP contribution >= 0.6 is 11.6 Å². The molecule has 1 N–H and O–H groups in total. The molecule has 1 heterocycles. The predicted octanol–water partition coefficient (Wildman–Crippen LogP) is 3.47. The summed E-state index contributed by atoms with van der Waals surface area (Å²) in [6, 6.07) is 8.26. The predicted molar refractivity (Wildman–Crippen MR) is 89.6 cm³/mol. The Balaban J connectivity index is 1.85. The second kappa shape index (κ2) is 6.61. The van der Waals surface area contributed by atoms with E-state index in [1.54, 1.807) is 31.2 Å². The SMILES string of the molecule is CC(OC(=O)c1cc2c([nH]c1=O)CCCC2=O)c1ccc(Cl)cc1. The van der Waals surface area contributed by atoms with Gasteiger partial charge in [0.15, 0.2) is 5.78 Å². The largest absolute Gasteiger partial charge is 0.454 e. The fourth-order valence-electron chi connectivity index (χ4n) is 2.75. The Morgan fingerprint density at radius 2 is 1.92 bits per heavy atom. The molecule has 0 radical (unpaired) electrons. The average Bonchev–Trinajstić information content (AvgIpc) is 2.55. The van der Waals surface area contributed by atoms with Crippen molar-refractivity contribution < 1.29 is 14.3 Å². The number of benzene rings is 1. The molecule has 0 spiro atoms. The van der Waals surface area contributed by atoms with E-state index in [1.165, 1.54) is 6.07 Å². The van der Waals surface area contributed by atoms with Crippen molar-refractivity contribution in [1.82, 2.24) is 4.98 Å². The van der Waals surface area contributed by atoms with Crippen molar-refractivity contribution in [1.29, 1.82) is 0 Å². The smallest absolute Gasteiger partial charge is 0.344 e. The van der Waals surface area contributed by atoms with Gasteiger partial charge in [-0.25, -0.2) is 4.79 Å². The zero-order chi connectivity index (χ0) is 17.3. The van der Waals surface area contributed by atoms with E-state index in [4.69, 9.17) is 16.3 Å². The Hall–Kier alpha value is -2.40. The molecule has 24 heavy (non-hydrogen) atoms. The Bertz CT molecular complexity index is 854. The zero-order valence-electron chi connectivity index (χ0n) is 13.1. The fraction of sp³-hybridized carbons (Fsp3) is 0.278. The molecule has 1 aliphatic rings. The maximum atomic E-state index is 12.3. The van der Waals surface area contributed by atoms with E-state index in [1.807, 2.05) is 0 Å². The number of H-pyrrole nitrogens is 1. The molecule has 0 saturated carbocycles. The van der Waals surface area contributed by atoms with Crippen LogP contribution in [0.2, 0.25) is 5.02 Å². The molecule has 5 nitrogen and oxygen atoms in total. The summed E-state index contributed by atoms with van der Waals surface area (Å²) in [6.45, 7) is 1.71. The average molecular weight is 346 g/mol. The van der Waals surface area contributed by atoms with Gasteiger partial charge in [-0.05, 0) is 43.5 Å². The number of rotatable bonds is 3. The van der Waals surface area contributed by atoms with Gasteiger partial charge in [0.25, 0.3) is 5.56 Å². The maximum Gasteiger partial charge on any atom is 0.344 e. The molecule has 1 aromatic carbocycles. The van der Waals surface area contributed by atoms with E-state index < -0.39 is 17.6 Å². The Labute approximate surface area is 143 Å². The number of nitrogens with one attached hydrogen (secondary N) is 1. The molecule has 1 aliphatic carbocycles. The van der Waals surface area contributed by atoms with Gasteiger partial charge in [0.05, 0.1) is 0 Å². The number of ether oxygens (including phenoxy) is 1. The second-order valence-corrected chi connectivity index (χ2v) is 6.22. The highest BCUT2D eigenvalue weighted by atomic mass is 35.5. The van der Waals surface area contributed by atoms with E-state index in [2.05, 4.69) is 4.98 Å². The minimum atomic E-state index is -0.750. The van der Waals surface area contributed by atoms with Gasteiger partial charge in [-0.15, -0.1) is 0 Å². The van der Waals surface area contributed by atoms with Gasteiger partial charge in [0.1, 0.15) is 11.7 Å². The molecule has 3 rings (SSSR count). The molecule has 6 heteroatoms. The molecule has 1 aromatic heterocycles. The molecule has 0 amide bonds. The normalized spacial score (nSPS) is 14.8. The van der Waals surface area contributed by atoms with Crippen LogP contribution in [-0.4, -0.2) is 16.7 Å². The van der Waals surface area contributed by atoms with E-state index in [9.17, 15) is 14.4 Å². The number of hydrogen-bond donors (Lipinski definition) is 1. The number of carbonyl (C=O) groups excluding carboxylic acids is 2. The molecule has 1 unspecified atom stereocenters. The third-order valence-corrected chi connectivity index (χ3v) is 4.35. The van der Waals surface area contributed by atoms with E-state index in [-0.39, 0.29) is 11.3 Å². The number of carbonyl (C=O) groups is 2. The van der Waals surface area contributed by atoms with Crippen LogP contribution in [0, 0.1) is 0 Å². The Morgan fingerprint density at radius 3 is 2.62 bits per heavy atom. The van der Waals surface area contributed by atoms with Gasteiger partial charge < -0.3 is 9.72 Å². The topological polar surface area (TPSA) is 76.2 Å². The summed E-state index contributed by atoms with van der Waals surface area (Å²) in [5.41, 5.74) is 1.09. The first-order valence-corrected chi connectivity index (χ1v) is 8.09. The molecule has 0 saturated heterocycles. The number of halogens is 1. The number of aromatic amines is 1.